The molecule has 1 aliphatic rings. The Balaban J connectivity index is 1.81. The molecule has 0 radical (unpaired) electrons. The Morgan fingerprint density at radius 2 is 1.69 bits per heavy atom. The van der Waals surface area contributed by atoms with E-state index in [-0.39, 0.29) is 11.1 Å². The summed E-state index contributed by atoms with van der Waals surface area (Å²) in [6.07, 6.45) is 1.70. The van der Waals surface area contributed by atoms with Crippen LogP contribution >= 0.6 is 23.4 Å². The standard InChI is InChI=1S/C22H16ClNO4S/c1-27-16-9-3-13-4-10-19(28-2)18(17(13)11-16)12-20-21(25)24(22(26)29-20)15-7-5-14(23)6-8-15/h3-12H,1-2H3. The van der Waals surface area contributed by atoms with Gasteiger partial charge in [0, 0.05) is 10.6 Å². The highest BCUT2D eigenvalue weighted by Crippen LogP contribution is 2.39. The van der Waals surface area contributed by atoms with Gasteiger partial charge in [-0.15, -0.1) is 0 Å². The van der Waals surface area contributed by atoms with Gasteiger partial charge in [0.15, 0.2) is 0 Å². The number of nitrogens with zero attached hydrogens (tertiary/aromatic N) is 1. The van der Waals surface area contributed by atoms with Gasteiger partial charge >= 0.3 is 0 Å². The molecule has 4 rings (SSSR count). The zero-order valence-corrected chi connectivity index (χ0v) is 17.2. The first-order chi connectivity index (χ1) is 14.0. The number of amides is 2. The van der Waals surface area contributed by atoms with E-state index in [0.29, 0.717) is 32.7 Å². The summed E-state index contributed by atoms with van der Waals surface area (Å²) >= 11 is 6.80. The number of thioether (sulfide) groups is 1. The zero-order chi connectivity index (χ0) is 20.5. The molecule has 0 N–H and O–H groups in total. The molecule has 5 nitrogen and oxygen atoms in total. The van der Waals surface area contributed by atoms with E-state index in [1.165, 1.54) is 0 Å². The number of fused-ring (bicyclic) bond motifs is 1. The van der Waals surface area contributed by atoms with Crippen LogP contribution in [-0.4, -0.2) is 25.4 Å². The molecule has 1 heterocycles. The van der Waals surface area contributed by atoms with Crippen molar-refractivity contribution < 1.29 is 19.1 Å². The molecule has 0 aliphatic carbocycles. The van der Waals surface area contributed by atoms with E-state index in [0.717, 1.165) is 27.4 Å². The molecule has 1 saturated heterocycles. The summed E-state index contributed by atoms with van der Waals surface area (Å²) < 4.78 is 10.8. The van der Waals surface area contributed by atoms with Gasteiger partial charge < -0.3 is 9.47 Å². The molecular formula is C22H16ClNO4S. The maximum atomic E-state index is 13.0. The minimum absolute atomic E-state index is 0.318. The van der Waals surface area contributed by atoms with Gasteiger partial charge in [-0.25, -0.2) is 4.90 Å². The molecule has 1 fully saturated rings. The normalized spacial score (nSPS) is 15.4. The van der Waals surface area contributed by atoms with Gasteiger partial charge in [0.25, 0.3) is 11.1 Å². The summed E-state index contributed by atoms with van der Waals surface area (Å²) in [4.78, 5) is 27.0. The first-order valence-electron chi connectivity index (χ1n) is 8.70. The Bertz CT molecular complexity index is 1150. The Kier molecular flexibility index (Phi) is 5.22. The van der Waals surface area contributed by atoms with Crippen LogP contribution in [0.1, 0.15) is 5.56 Å². The summed E-state index contributed by atoms with van der Waals surface area (Å²) in [6, 6.07) is 16.0. The van der Waals surface area contributed by atoms with Crippen LogP contribution < -0.4 is 14.4 Å². The van der Waals surface area contributed by atoms with Crippen LogP contribution in [0, 0.1) is 0 Å². The molecule has 7 heteroatoms. The fourth-order valence-electron chi connectivity index (χ4n) is 3.17. The van der Waals surface area contributed by atoms with Crippen molar-refractivity contribution in [2.75, 3.05) is 19.1 Å². The molecule has 2 amide bonds. The third-order valence-electron chi connectivity index (χ3n) is 4.60. The fourth-order valence-corrected chi connectivity index (χ4v) is 4.12. The molecule has 0 atom stereocenters. The third-order valence-corrected chi connectivity index (χ3v) is 5.73. The first kappa shape index (κ1) is 19.4. The fraction of sp³-hybridized carbons (Fsp3) is 0.0909. The van der Waals surface area contributed by atoms with E-state index >= 15 is 0 Å². The summed E-state index contributed by atoms with van der Waals surface area (Å²) in [7, 11) is 3.16. The van der Waals surface area contributed by atoms with Crippen LogP contribution in [0.3, 0.4) is 0 Å². The molecule has 0 saturated carbocycles. The smallest absolute Gasteiger partial charge is 0.298 e. The number of ether oxygens (including phenoxy) is 2. The second kappa shape index (κ2) is 7.81. The quantitative estimate of drug-likeness (QED) is 0.498. The minimum atomic E-state index is -0.385. The second-order valence-electron chi connectivity index (χ2n) is 6.26. The number of benzene rings is 3. The molecule has 29 heavy (non-hydrogen) atoms. The lowest BCUT2D eigenvalue weighted by atomic mass is 10.0. The van der Waals surface area contributed by atoms with Crippen LogP contribution in [-0.2, 0) is 4.79 Å². The van der Waals surface area contributed by atoms with Crippen molar-refractivity contribution >= 4 is 57.0 Å². The number of methoxy groups -OCH3 is 2. The monoisotopic (exact) mass is 425 g/mol. The van der Waals surface area contributed by atoms with E-state index in [9.17, 15) is 9.59 Å². The van der Waals surface area contributed by atoms with Crippen LogP contribution in [0.4, 0.5) is 10.5 Å². The highest BCUT2D eigenvalue weighted by Gasteiger charge is 2.36. The van der Waals surface area contributed by atoms with Gasteiger partial charge in [-0.3, -0.25) is 9.59 Å². The van der Waals surface area contributed by atoms with Crippen molar-refractivity contribution in [2.45, 2.75) is 0 Å². The number of anilines is 1. The molecule has 3 aromatic carbocycles. The average Bonchev–Trinajstić information content (AvgIpc) is 3.01. The van der Waals surface area contributed by atoms with Gasteiger partial charge in [-0.1, -0.05) is 23.7 Å². The lowest BCUT2D eigenvalue weighted by Gasteiger charge is -2.13. The van der Waals surface area contributed by atoms with Gasteiger partial charge in [-0.2, -0.15) is 0 Å². The highest BCUT2D eigenvalue weighted by atomic mass is 35.5. The first-order valence-corrected chi connectivity index (χ1v) is 9.89. The number of imide groups is 1. The van der Waals surface area contributed by atoms with Crippen molar-refractivity contribution in [3.8, 4) is 11.5 Å². The maximum Gasteiger partial charge on any atom is 0.298 e. The van der Waals surface area contributed by atoms with E-state index in [4.69, 9.17) is 21.1 Å². The van der Waals surface area contributed by atoms with E-state index in [1.54, 1.807) is 44.6 Å². The molecule has 0 spiro atoms. The Labute approximate surface area is 176 Å². The molecule has 0 bridgehead atoms. The maximum absolute atomic E-state index is 13.0. The number of hydrogen-bond donors (Lipinski definition) is 0. The summed E-state index contributed by atoms with van der Waals surface area (Å²) in [5.74, 6) is 0.906. The molecule has 0 aromatic heterocycles. The van der Waals surface area contributed by atoms with E-state index in [1.807, 2.05) is 30.3 Å². The van der Waals surface area contributed by atoms with Crippen LogP contribution in [0.5, 0.6) is 11.5 Å². The molecular weight excluding hydrogens is 410 g/mol. The number of rotatable bonds is 4. The Morgan fingerprint density at radius 3 is 2.38 bits per heavy atom. The topological polar surface area (TPSA) is 55.8 Å². The van der Waals surface area contributed by atoms with E-state index in [2.05, 4.69) is 0 Å². The van der Waals surface area contributed by atoms with Crippen LogP contribution in [0.15, 0.2) is 59.5 Å². The number of halogens is 1. The number of carbonyl (C=O) groups is 2. The van der Waals surface area contributed by atoms with Gasteiger partial charge in [-0.05, 0) is 71.1 Å². The van der Waals surface area contributed by atoms with Crippen molar-refractivity contribution in [1.29, 1.82) is 0 Å². The van der Waals surface area contributed by atoms with Gasteiger partial charge in [0.2, 0.25) is 0 Å². The largest absolute Gasteiger partial charge is 0.497 e. The van der Waals surface area contributed by atoms with Crippen molar-refractivity contribution in [1.82, 2.24) is 0 Å². The third kappa shape index (κ3) is 3.57. The molecule has 3 aromatic rings. The Morgan fingerprint density at radius 1 is 0.966 bits per heavy atom. The lowest BCUT2D eigenvalue weighted by molar-refractivity contribution is -0.113. The minimum Gasteiger partial charge on any atom is -0.497 e. The molecule has 0 unspecified atom stereocenters. The van der Waals surface area contributed by atoms with Crippen molar-refractivity contribution in [3.05, 3.63) is 70.1 Å². The Hall–Kier alpha value is -2.96. The number of hydrogen-bond acceptors (Lipinski definition) is 5. The highest BCUT2D eigenvalue weighted by molar-refractivity contribution is 8.19. The SMILES string of the molecule is COc1ccc2ccc(OC)c(C=C3SC(=O)N(c4ccc(Cl)cc4)C3=O)c2c1. The van der Waals surface area contributed by atoms with Crippen molar-refractivity contribution in [3.63, 3.8) is 0 Å². The van der Waals surface area contributed by atoms with Crippen molar-refractivity contribution in [2.24, 2.45) is 0 Å². The van der Waals surface area contributed by atoms with Crippen LogP contribution in [0.25, 0.3) is 16.8 Å². The van der Waals surface area contributed by atoms with Gasteiger partial charge in [0.1, 0.15) is 11.5 Å². The second-order valence-corrected chi connectivity index (χ2v) is 7.69. The van der Waals surface area contributed by atoms with E-state index < -0.39 is 0 Å². The van der Waals surface area contributed by atoms with Gasteiger partial charge in [0.05, 0.1) is 24.8 Å². The predicted octanol–water partition coefficient (Wildman–Crippen LogP) is 5.75. The summed E-state index contributed by atoms with van der Waals surface area (Å²) in [5, 5.41) is 2.00. The lowest BCUT2D eigenvalue weighted by Crippen LogP contribution is -2.27. The van der Waals surface area contributed by atoms with Crippen LogP contribution in [0.2, 0.25) is 5.02 Å². The summed E-state index contributed by atoms with van der Waals surface area (Å²) in [5.41, 5.74) is 1.19. The number of carbonyl (C=O) groups excluding carboxylic acids is 2. The predicted molar refractivity (Wildman–Crippen MR) is 117 cm³/mol. The molecule has 1 aliphatic heterocycles. The average molecular weight is 426 g/mol. The summed E-state index contributed by atoms with van der Waals surface area (Å²) in [6.45, 7) is 0. The zero-order valence-electron chi connectivity index (χ0n) is 15.6. The molecule has 146 valence electrons.